The molecule has 0 aliphatic heterocycles. The van der Waals surface area contributed by atoms with Crippen LogP contribution in [0.3, 0.4) is 0 Å². The molecular weight excluding hydrogens is 709 g/mol. The first-order valence-corrected chi connectivity index (χ1v) is 23.0. The van der Waals surface area contributed by atoms with Crippen molar-refractivity contribution < 1.29 is 33.4 Å². The Kier molecular flexibility index (Phi) is 37.0. The van der Waals surface area contributed by atoms with E-state index in [2.05, 4.69) is 38.0 Å². The number of guanidine groups is 1. The molecule has 11 nitrogen and oxygen atoms in total. The summed E-state index contributed by atoms with van der Waals surface area (Å²) in [5.74, 6) is -1.01. The summed E-state index contributed by atoms with van der Waals surface area (Å²) in [6.07, 6.45) is 28.1. The molecule has 0 saturated carbocycles. The largest absolute Gasteiger partial charge is 0.465 e. The third-order valence-electron chi connectivity index (χ3n) is 10.4. The van der Waals surface area contributed by atoms with E-state index in [0.29, 0.717) is 38.9 Å². The average molecular weight is 795 g/mol. The number of amides is 1. The predicted molar refractivity (Wildman–Crippen MR) is 229 cm³/mol. The number of nitrogens with zero attached hydrogens (tertiary/aromatic N) is 1. The van der Waals surface area contributed by atoms with Crippen molar-refractivity contribution in [3.8, 4) is 0 Å². The van der Waals surface area contributed by atoms with Gasteiger partial charge in [0.2, 0.25) is 5.91 Å². The second-order valence-electron chi connectivity index (χ2n) is 15.7. The van der Waals surface area contributed by atoms with Gasteiger partial charge < -0.3 is 31.0 Å². The lowest BCUT2D eigenvalue weighted by Crippen LogP contribution is -2.42. The lowest BCUT2D eigenvalue weighted by Gasteiger charge is -2.17. The summed E-state index contributed by atoms with van der Waals surface area (Å²) in [6, 6.07) is -0.860. The quantitative estimate of drug-likeness (QED) is 0.0179. The summed E-state index contributed by atoms with van der Waals surface area (Å²) in [5, 5.41) is 2.80. The van der Waals surface area contributed by atoms with Crippen LogP contribution in [-0.2, 0) is 33.4 Å². The molecule has 0 spiro atoms. The molecule has 56 heavy (non-hydrogen) atoms. The number of hydrogen-bond acceptors (Lipinski definition) is 8. The minimum Gasteiger partial charge on any atom is -0.465 e. The van der Waals surface area contributed by atoms with E-state index < -0.39 is 12.0 Å². The zero-order valence-corrected chi connectivity index (χ0v) is 36.5. The maximum atomic E-state index is 12.9. The summed E-state index contributed by atoms with van der Waals surface area (Å²) < 4.78 is 16.8. The van der Waals surface area contributed by atoms with E-state index in [-0.39, 0.29) is 55.2 Å². The molecule has 5 N–H and O–H groups in total. The van der Waals surface area contributed by atoms with Gasteiger partial charge in [-0.15, -0.1) is 0 Å². The summed E-state index contributed by atoms with van der Waals surface area (Å²) in [6.45, 7) is 9.83. The van der Waals surface area contributed by atoms with Crippen molar-refractivity contribution in [3.63, 3.8) is 0 Å². The van der Waals surface area contributed by atoms with E-state index in [1.54, 1.807) is 0 Å². The second kappa shape index (κ2) is 39.0. The number of carbonyl (C=O) groups is 4. The Labute approximate surface area is 342 Å². The first-order chi connectivity index (χ1) is 27.2. The molecule has 1 amide bonds. The van der Waals surface area contributed by atoms with Gasteiger partial charge in [0.05, 0.1) is 31.7 Å². The Morgan fingerprint density at radius 3 is 1.32 bits per heavy atom. The highest BCUT2D eigenvalue weighted by Gasteiger charge is 2.23. The van der Waals surface area contributed by atoms with Gasteiger partial charge in [0, 0.05) is 13.0 Å². The van der Waals surface area contributed by atoms with Crippen molar-refractivity contribution in [2.75, 3.05) is 26.4 Å². The van der Waals surface area contributed by atoms with E-state index in [0.717, 1.165) is 89.9 Å². The highest BCUT2D eigenvalue weighted by molar-refractivity contribution is 5.84. The van der Waals surface area contributed by atoms with Crippen LogP contribution in [0.4, 0.5) is 0 Å². The Morgan fingerprint density at radius 1 is 0.464 bits per heavy atom. The minimum absolute atomic E-state index is 0.0200. The van der Waals surface area contributed by atoms with Crippen molar-refractivity contribution in [1.29, 1.82) is 0 Å². The number of esters is 3. The first kappa shape index (κ1) is 53.1. The van der Waals surface area contributed by atoms with Gasteiger partial charge in [-0.1, -0.05) is 150 Å². The number of hydrogen-bond donors (Lipinski definition) is 3. The summed E-state index contributed by atoms with van der Waals surface area (Å²) in [5.41, 5.74) is 10.9. The van der Waals surface area contributed by atoms with Crippen LogP contribution in [0.25, 0.3) is 0 Å². The maximum absolute atomic E-state index is 12.9. The molecule has 3 atom stereocenters. The summed E-state index contributed by atoms with van der Waals surface area (Å²) in [7, 11) is 0. The predicted octanol–water partition coefficient (Wildman–Crippen LogP) is 10.00. The van der Waals surface area contributed by atoms with Crippen molar-refractivity contribution in [1.82, 2.24) is 5.32 Å². The topological polar surface area (TPSA) is 172 Å². The van der Waals surface area contributed by atoms with Crippen LogP contribution in [0.15, 0.2) is 4.99 Å². The number of ether oxygens (including phenoxy) is 3. The molecule has 0 aliphatic rings. The van der Waals surface area contributed by atoms with Crippen LogP contribution in [-0.4, -0.2) is 62.2 Å². The van der Waals surface area contributed by atoms with Gasteiger partial charge in [0.1, 0.15) is 6.04 Å². The molecule has 0 aromatic carbocycles. The molecule has 11 heteroatoms. The molecule has 0 aromatic rings. The van der Waals surface area contributed by atoms with Gasteiger partial charge in [-0.05, 0) is 57.8 Å². The summed E-state index contributed by atoms with van der Waals surface area (Å²) in [4.78, 5) is 55.2. The van der Waals surface area contributed by atoms with Crippen molar-refractivity contribution in [2.24, 2.45) is 28.3 Å². The lowest BCUT2D eigenvalue weighted by atomic mass is 9.94. The fourth-order valence-corrected chi connectivity index (χ4v) is 6.83. The van der Waals surface area contributed by atoms with Crippen LogP contribution >= 0.6 is 0 Å². The lowest BCUT2D eigenvalue weighted by molar-refractivity contribution is -0.151. The van der Waals surface area contributed by atoms with Gasteiger partial charge in [-0.3, -0.25) is 19.4 Å². The molecule has 328 valence electrons. The smallest absolute Gasteiger partial charge is 0.328 e. The second-order valence-corrected chi connectivity index (χ2v) is 15.7. The van der Waals surface area contributed by atoms with Gasteiger partial charge >= 0.3 is 17.9 Å². The minimum atomic E-state index is -0.860. The Hall–Kier alpha value is -2.85. The third kappa shape index (κ3) is 32.3. The van der Waals surface area contributed by atoms with Crippen molar-refractivity contribution in [3.05, 3.63) is 0 Å². The Bertz CT molecular complexity index is 1000. The molecule has 0 rings (SSSR count). The molecule has 0 aromatic heterocycles. The zero-order valence-electron chi connectivity index (χ0n) is 36.5. The average Bonchev–Trinajstić information content (AvgIpc) is 3.18. The SMILES string of the molecule is CCCCCCCCC(CCCCCC)C(=O)OCCCCCCCC(=O)N[C@@H](CCN=C(N)N)C(=O)OCCCCOC(=O)C(CCCC)CCCCCC. The monoisotopic (exact) mass is 795 g/mol. The van der Waals surface area contributed by atoms with Crippen LogP contribution in [0, 0.1) is 11.8 Å². The number of unbranched alkanes of at least 4 members (excludes halogenated alkanes) is 17. The van der Waals surface area contributed by atoms with Crippen LogP contribution in [0.1, 0.15) is 214 Å². The molecule has 2 unspecified atom stereocenters. The standard InChI is InChI=1S/C45H86N4O7/c1-5-9-13-16-18-23-31-39(30-22-15-11-7-3)43(52)54-35-25-20-17-19-24-32-41(50)49-40(33-34-48-45(46)47)44(53)56-37-27-26-36-55-42(51)38(28-12-8-4)29-21-14-10-6-2/h38-40H,5-37H2,1-4H3,(H,49,50)(H4,46,47,48)/t38?,39?,40-/m0/s1. The van der Waals surface area contributed by atoms with Gasteiger partial charge in [0.15, 0.2) is 5.96 Å². The zero-order chi connectivity index (χ0) is 41.5. The molecule has 0 fully saturated rings. The maximum Gasteiger partial charge on any atom is 0.328 e. The number of nitrogens with one attached hydrogen (secondary N) is 1. The first-order valence-electron chi connectivity index (χ1n) is 23.0. The highest BCUT2D eigenvalue weighted by atomic mass is 16.5. The van der Waals surface area contributed by atoms with Crippen molar-refractivity contribution >= 4 is 29.8 Å². The number of aliphatic imine (C=N–C) groups is 1. The molecule has 0 heterocycles. The van der Waals surface area contributed by atoms with E-state index in [1.165, 1.54) is 64.2 Å². The Morgan fingerprint density at radius 2 is 0.839 bits per heavy atom. The normalized spacial score (nSPS) is 12.7. The fourth-order valence-electron chi connectivity index (χ4n) is 6.83. The highest BCUT2D eigenvalue weighted by Crippen LogP contribution is 2.21. The van der Waals surface area contributed by atoms with Gasteiger partial charge in [-0.2, -0.15) is 0 Å². The van der Waals surface area contributed by atoms with E-state index in [9.17, 15) is 19.2 Å². The number of carbonyl (C=O) groups excluding carboxylic acids is 4. The molecule has 0 aliphatic carbocycles. The van der Waals surface area contributed by atoms with Crippen LogP contribution in [0.2, 0.25) is 0 Å². The number of rotatable bonds is 40. The van der Waals surface area contributed by atoms with E-state index in [1.807, 2.05) is 0 Å². The van der Waals surface area contributed by atoms with Gasteiger partial charge in [-0.25, -0.2) is 4.79 Å². The summed E-state index contributed by atoms with van der Waals surface area (Å²) >= 11 is 0. The van der Waals surface area contributed by atoms with Gasteiger partial charge in [0.25, 0.3) is 0 Å². The van der Waals surface area contributed by atoms with Crippen LogP contribution in [0.5, 0.6) is 0 Å². The van der Waals surface area contributed by atoms with E-state index in [4.69, 9.17) is 25.7 Å². The molecule has 0 radical (unpaired) electrons. The third-order valence-corrected chi connectivity index (χ3v) is 10.4. The number of nitrogens with two attached hydrogens (primary N) is 2. The van der Waals surface area contributed by atoms with Crippen molar-refractivity contribution in [2.45, 2.75) is 220 Å². The molecular formula is C45H86N4O7. The van der Waals surface area contributed by atoms with Crippen LogP contribution < -0.4 is 16.8 Å². The fraction of sp³-hybridized carbons (Fsp3) is 0.889. The molecule has 0 saturated heterocycles. The van der Waals surface area contributed by atoms with E-state index >= 15 is 0 Å². The Balaban J connectivity index is 4.50. The molecule has 0 bridgehead atoms.